The first kappa shape index (κ1) is 64.1. The van der Waals surface area contributed by atoms with Gasteiger partial charge in [-0.15, -0.1) is 0 Å². The molecule has 8 aromatic rings. The third kappa shape index (κ3) is 16.8. The van der Waals surface area contributed by atoms with Gasteiger partial charge < -0.3 is 28.1 Å². The molecule has 6 aromatic carbocycles. The molecule has 2 radical (unpaired) electrons. The van der Waals surface area contributed by atoms with Crippen LogP contribution in [0.2, 0.25) is 0 Å². The van der Waals surface area contributed by atoms with E-state index < -0.39 is 0 Å². The first-order valence-electron chi connectivity index (χ1n) is 33.1. The molecular weight excluding hydrogens is 1030 g/mol. The molecular formula is C78H106N2O4. The fourth-order valence-electron chi connectivity index (χ4n) is 12.8. The summed E-state index contributed by atoms with van der Waals surface area (Å²) in [6, 6.07) is 43.9. The Bertz CT molecular complexity index is 3110. The molecule has 0 aliphatic rings. The van der Waals surface area contributed by atoms with Crippen molar-refractivity contribution in [3.8, 4) is 56.4 Å². The van der Waals surface area contributed by atoms with Crippen molar-refractivity contribution < 1.29 is 18.9 Å². The van der Waals surface area contributed by atoms with Crippen LogP contribution in [0.4, 0.5) is 0 Å². The smallest absolute Gasteiger partial charge is 0.137 e. The zero-order valence-corrected chi connectivity index (χ0v) is 54.5. The molecule has 0 aliphatic carbocycles. The minimum absolute atomic E-state index is 0.542. The highest BCUT2D eigenvalue weighted by Crippen LogP contribution is 2.47. The van der Waals surface area contributed by atoms with Crippen molar-refractivity contribution in [3.05, 3.63) is 109 Å². The van der Waals surface area contributed by atoms with Crippen molar-refractivity contribution in [2.45, 2.75) is 199 Å². The van der Waals surface area contributed by atoms with E-state index in [4.69, 9.17) is 18.9 Å². The number of aromatic nitrogens is 2. The Morgan fingerprint density at radius 3 is 1.05 bits per heavy atom. The highest BCUT2D eigenvalue weighted by Gasteiger charge is 2.25. The summed E-state index contributed by atoms with van der Waals surface area (Å²) in [6.07, 6.45) is 19.0. The van der Waals surface area contributed by atoms with Crippen LogP contribution >= 0.6 is 0 Å². The quantitative estimate of drug-likeness (QED) is 0.0397. The van der Waals surface area contributed by atoms with Gasteiger partial charge in [0.1, 0.15) is 23.0 Å². The number of rotatable bonds is 35. The second kappa shape index (κ2) is 31.0. The standard InChI is InChI=1S/C78H106N2O4/c1-53(2)23-19-27-57(9)39-43-79-71-37-35-61(63-31-15-17-33-75(63)81-13)47-65(71)67-49-69(77(51-73(67)79)83-45-41-59(11)29-21-25-55(5)6)70-50-68-66-48-62(64-32-16-18-34-76(64)82-14)36-38-72(66)80(44-40-58(10)28-20-24-54(3)4)74(68)52-78(70)84-46-42-60(12)30-22-26-56(7)8/h15-18,31-38,47-50,53-60H,19-30,39-46H2,1-14H3. The molecule has 0 saturated carbocycles. The fraction of sp³-hybridized carbons (Fsp3) is 0.538. The van der Waals surface area contributed by atoms with Gasteiger partial charge in [-0.05, 0) is 133 Å². The minimum Gasteiger partial charge on any atom is -0.496 e. The molecule has 2 heterocycles. The summed E-state index contributed by atoms with van der Waals surface area (Å²) >= 11 is 0. The molecule has 0 N–H and O–H groups in total. The summed E-state index contributed by atoms with van der Waals surface area (Å²) in [7, 11) is 3.54. The van der Waals surface area contributed by atoms with Gasteiger partial charge in [0.25, 0.3) is 0 Å². The average Bonchev–Trinajstić information content (AvgIpc) is 2.27. The van der Waals surface area contributed by atoms with E-state index in [0.717, 1.165) is 129 Å². The van der Waals surface area contributed by atoms with Crippen molar-refractivity contribution in [1.29, 1.82) is 0 Å². The Morgan fingerprint density at radius 1 is 0.357 bits per heavy atom. The van der Waals surface area contributed by atoms with Crippen LogP contribution in [0.1, 0.15) is 186 Å². The summed E-state index contributed by atoms with van der Waals surface area (Å²) in [5.41, 5.74) is 11.0. The lowest BCUT2D eigenvalue weighted by atomic mass is 9.96. The van der Waals surface area contributed by atoms with Gasteiger partial charge >= 0.3 is 0 Å². The third-order valence-corrected chi connectivity index (χ3v) is 18.2. The maximum absolute atomic E-state index is 7.28. The van der Waals surface area contributed by atoms with Crippen LogP contribution in [0.15, 0.2) is 97.1 Å². The van der Waals surface area contributed by atoms with Crippen LogP contribution < -0.4 is 18.9 Å². The molecule has 0 fully saturated rings. The van der Waals surface area contributed by atoms with Gasteiger partial charge in [0.2, 0.25) is 0 Å². The highest BCUT2D eigenvalue weighted by molar-refractivity contribution is 6.14. The maximum Gasteiger partial charge on any atom is 0.137 e. The van der Waals surface area contributed by atoms with E-state index >= 15 is 0 Å². The largest absolute Gasteiger partial charge is 0.496 e. The lowest BCUT2D eigenvalue weighted by Gasteiger charge is -2.19. The molecule has 0 aliphatic heterocycles. The van der Waals surface area contributed by atoms with Crippen LogP contribution in [0.5, 0.6) is 23.0 Å². The number of ether oxygens (including phenoxy) is 4. The van der Waals surface area contributed by atoms with Crippen LogP contribution in [0, 0.1) is 59.5 Å². The number of benzene rings is 6. The van der Waals surface area contributed by atoms with Gasteiger partial charge in [0.15, 0.2) is 0 Å². The van der Waals surface area contributed by atoms with E-state index in [2.05, 4.69) is 201 Å². The summed E-state index contributed by atoms with van der Waals surface area (Å²) in [6.45, 7) is 31.4. The predicted octanol–water partition coefficient (Wildman–Crippen LogP) is 22.7. The van der Waals surface area contributed by atoms with Crippen molar-refractivity contribution >= 4 is 43.6 Å². The molecule has 0 bridgehead atoms. The topological polar surface area (TPSA) is 46.8 Å². The molecule has 6 heteroatoms. The number of hydrogen-bond acceptors (Lipinski definition) is 4. The van der Waals surface area contributed by atoms with Gasteiger partial charge in [-0.25, -0.2) is 0 Å². The Hall–Kier alpha value is -5.88. The van der Waals surface area contributed by atoms with Crippen LogP contribution in [0.3, 0.4) is 0 Å². The van der Waals surface area contributed by atoms with Crippen molar-refractivity contribution in [3.63, 3.8) is 0 Å². The molecule has 2 aromatic heterocycles. The van der Waals surface area contributed by atoms with Crippen LogP contribution in [-0.4, -0.2) is 36.6 Å². The Morgan fingerprint density at radius 2 is 0.702 bits per heavy atom. The normalized spacial score (nSPS) is 13.6. The molecule has 0 spiro atoms. The van der Waals surface area contributed by atoms with E-state index in [-0.39, 0.29) is 0 Å². The second-order valence-electron chi connectivity index (χ2n) is 27.3. The molecule has 0 saturated heterocycles. The van der Waals surface area contributed by atoms with E-state index in [1.165, 1.54) is 98.9 Å². The number of hydrogen-bond donors (Lipinski definition) is 0. The number of methoxy groups -OCH3 is 2. The summed E-state index contributed by atoms with van der Waals surface area (Å²) in [4.78, 5) is 0. The molecule has 4 unspecified atom stereocenters. The molecule has 0 amide bonds. The molecule has 4 atom stereocenters. The highest BCUT2D eigenvalue weighted by atomic mass is 16.5. The summed E-state index contributed by atoms with van der Waals surface area (Å²) in [5, 5.41) is 4.73. The third-order valence-electron chi connectivity index (χ3n) is 18.2. The van der Waals surface area contributed by atoms with Gasteiger partial charge in [0.05, 0.1) is 50.6 Å². The number of fused-ring (bicyclic) bond motifs is 6. The first-order valence-corrected chi connectivity index (χ1v) is 33.1. The van der Waals surface area contributed by atoms with Crippen LogP contribution in [-0.2, 0) is 13.1 Å². The molecule has 6 nitrogen and oxygen atoms in total. The van der Waals surface area contributed by atoms with E-state index in [0.29, 0.717) is 48.7 Å². The Balaban J connectivity index is 1.36. The monoisotopic (exact) mass is 1130 g/mol. The van der Waals surface area contributed by atoms with E-state index in [1.54, 1.807) is 14.2 Å². The Kier molecular flexibility index (Phi) is 23.6. The zero-order valence-electron chi connectivity index (χ0n) is 54.5. The number of nitrogens with zero attached hydrogens (tertiary/aromatic N) is 2. The SMILES string of the molecule is COc1ccccc1-c1ccc2c(c1)c1cc(-c3cc4c5cc(-c6ccccc6OC)ccc5n(CCC(C)CCCC(C)C)c4[c]c3OCCC(C)CCCC(C)C)c(OCCC(C)CCCC(C)C)[c]c1n2CCC(C)CCCC(C)C. The van der Waals surface area contributed by atoms with E-state index in [1.807, 2.05) is 0 Å². The van der Waals surface area contributed by atoms with Crippen molar-refractivity contribution in [1.82, 2.24) is 9.13 Å². The van der Waals surface area contributed by atoms with Gasteiger partial charge in [0, 0.05) is 67.9 Å². The van der Waals surface area contributed by atoms with Gasteiger partial charge in [-0.2, -0.15) is 0 Å². The fourth-order valence-corrected chi connectivity index (χ4v) is 12.8. The second-order valence-corrected chi connectivity index (χ2v) is 27.3. The molecule has 452 valence electrons. The Labute approximate surface area is 508 Å². The number of para-hydroxylation sites is 2. The van der Waals surface area contributed by atoms with Gasteiger partial charge in [-0.3, -0.25) is 0 Å². The van der Waals surface area contributed by atoms with Crippen molar-refractivity contribution in [2.75, 3.05) is 27.4 Å². The summed E-state index contributed by atoms with van der Waals surface area (Å²) < 4.78 is 31.6. The van der Waals surface area contributed by atoms with E-state index in [9.17, 15) is 0 Å². The first-order chi connectivity index (χ1) is 40.5. The lowest BCUT2D eigenvalue weighted by Crippen LogP contribution is -2.08. The summed E-state index contributed by atoms with van der Waals surface area (Å²) in [5.74, 6) is 8.42. The van der Waals surface area contributed by atoms with Gasteiger partial charge in [-0.1, -0.05) is 209 Å². The molecule has 84 heavy (non-hydrogen) atoms. The van der Waals surface area contributed by atoms with Crippen molar-refractivity contribution in [2.24, 2.45) is 47.3 Å². The average molecular weight is 1140 g/mol. The maximum atomic E-state index is 7.28. The minimum atomic E-state index is 0.542. The lowest BCUT2D eigenvalue weighted by molar-refractivity contribution is 0.273. The molecule has 8 rings (SSSR count). The zero-order chi connectivity index (χ0) is 59.9. The van der Waals surface area contributed by atoms with Crippen LogP contribution in [0.25, 0.3) is 77.0 Å². The number of aryl methyl sites for hydroxylation is 2. The predicted molar refractivity (Wildman–Crippen MR) is 360 cm³/mol.